The third kappa shape index (κ3) is 3.69. The van der Waals surface area contributed by atoms with Gasteiger partial charge in [0.05, 0.1) is 0 Å². The highest BCUT2D eigenvalue weighted by molar-refractivity contribution is 6.30. The lowest BCUT2D eigenvalue weighted by Crippen LogP contribution is -2.51. The molecule has 3 atom stereocenters. The van der Waals surface area contributed by atoms with Crippen LogP contribution in [0.2, 0.25) is 5.02 Å². The molecular weight excluding hydrogens is 435 g/mol. The van der Waals surface area contributed by atoms with Crippen LogP contribution in [-0.2, 0) is 4.74 Å². The molecule has 2 saturated heterocycles. The average Bonchev–Trinajstić information content (AvgIpc) is 3.41. The molecule has 3 heterocycles. The molecule has 2 aliphatic rings. The molecule has 166 valence electrons. The van der Waals surface area contributed by atoms with Gasteiger partial charge in [0.1, 0.15) is 29.7 Å². The van der Waals surface area contributed by atoms with E-state index in [0.717, 1.165) is 15.9 Å². The monoisotopic (exact) mass is 456 g/mol. The Labute approximate surface area is 188 Å². The molecule has 0 bridgehead atoms. The van der Waals surface area contributed by atoms with Crippen molar-refractivity contribution >= 4 is 23.0 Å². The number of aromatic nitrogens is 2. The van der Waals surface area contributed by atoms with Crippen molar-refractivity contribution < 1.29 is 9.13 Å². The summed E-state index contributed by atoms with van der Waals surface area (Å²) in [7, 11) is 0. The van der Waals surface area contributed by atoms with E-state index in [1.54, 1.807) is 0 Å². The molecule has 0 spiro atoms. The molecule has 32 heavy (non-hydrogen) atoms. The van der Waals surface area contributed by atoms with Gasteiger partial charge in [-0.15, -0.1) is 0 Å². The van der Waals surface area contributed by atoms with Gasteiger partial charge in [-0.25, -0.2) is 9.18 Å². The fourth-order valence-electron chi connectivity index (χ4n) is 4.57. The van der Waals surface area contributed by atoms with Gasteiger partial charge in [0.2, 0.25) is 0 Å². The van der Waals surface area contributed by atoms with E-state index >= 15 is 4.39 Å². The van der Waals surface area contributed by atoms with Gasteiger partial charge in [0.15, 0.2) is 0 Å². The van der Waals surface area contributed by atoms with Gasteiger partial charge in [-0.1, -0.05) is 48.0 Å². The van der Waals surface area contributed by atoms with Crippen molar-refractivity contribution in [3.8, 4) is 0 Å². The zero-order valence-corrected chi connectivity index (χ0v) is 17.9. The van der Waals surface area contributed by atoms with E-state index in [9.17, 15) is 9.59 Å². The van der Waals surface area contributed by atoms with Crippen molar-refractivity contribution in [1.29, 1.82) is 0 Å². The SMILES string of the molecule is O=c1[nH]c(=O)n([C@H]2C[C@H](F)[C@@H](C3N(c4ccccc4)CCN3c3ccccc3)O2)cc1Cl. The number of rotatable bonds is 4. The summed E-state index contributed by atoms with van der Waals surface area (Å²) in [5.74, 6) is 0. The van der Waals surface area contributed by atoms with Crippen LogP contribution in [0.15, 0.2) is 76.4 Å². The molecule has 2 aromatic carbocycles. The van der Waals surface area contributed by atoms with E-state index in [0.29, 0.717) is 13.1 Å². The standard InChI is InChI=1S/C23H22ClFN4O3/c24-17-14-29(23(31)26-21(17)30)19-13-18(25)20(32-19)22-27(15-7-3-1-4-8-15)11-12-28(22)16-9-5-2-6-10-16/h1-10,14,18-20,22H,11-13H2,(H,26,30,31)/t18-,19+,20-/m0/s1. The fourth-order valence-corrected chi connectivity index (χ4v) is 4.72. The molecular formula is C23H22ClFN4O3. The highest BCUT2D eigenvalue weighted by Gasteiger charge is 2.48. The molecule has 7 nitrogen and oxygen atoms in total. The van der Waals surface area contributed by atoms with Crippen molar-refractivity contribution in [2.24, 2.45) is 0 Å². The quantitative estimate of drug-likeness (QED) is 0.653. The van der Waals surface area contributed by atoms with Crippen LogP contribution in [0.1, 0.15) is 12.6 Å². The summed E-state index contributed by atoms with van der Waals surface area (Å²) in [5, 5.41) is -0.148. The lowest BCUT2D eigenvalue weighted by atomic mass is 10.1. The Balaban J connectivity index is 1.51. The molecule has 0 radical (unpaired) electrons. The van der Waals surface area contributed by atoms with Gasteiger partial charge in [0, 0.05) is 37.1 Å². The predicted octanol–water partition coefficient (Wildman–Crippen LogP) is 3.17. The molecule has 1 N–H and O–H groups in total. The number of anilines is 2. The van der Waals surface area contributed by atoms with Crippen molar-refractivity contribution in [3.63, 3.8) is 0 Å². The maximum absolute atomic E-state index is 15.5. The summed E-state index contributed by atoms with van der Waals surface area (Å²) >= 11 is 5.90. The van der Waals surface area contributed by atoms with E-state index in [1.165, 1.54) is 6.20 Å². The molecule has 0 saturated carbocycles. The number of hydrogen-bond acceptors (Lipinski definition) is 5. The number of nitrogens with one attached hydrogen (secondary N) is 1. The van der Waals surface area contributed by atoms with E-state index < -0.39 is 35.9 Å². The molecule has 2 aliphatic heterocycles. The number of ether oxygens (including phenoxy) is 1. The summed E-state index contributed by atoms with van der Waals surface area (Å²) < 4.78 is 22.8. The van der Waals surface area contributed by atoms with Gasteiger partial charge in [0.25, 0.3) is 5.56 Å². The molecule has 9 heteroatoms. The first-order chi connectivity index (χ1) is 15.5. The molecule has 0 amide bonds. The Morgan fingerprint density at radius 3 is 2.06 bits per heavy atom. The zero-order valence-electron chi connectivity index (χ0n) is 17.1. The second-order valence-electron chi connectivity index (χ2n) is 7.92. The number of para-hydroxylation sites is 2. The number of alkyl halides is 1. The largest absolute Gasteiger partial charge is 0.347 e. The smallest absolute Gasteiger partial charge is 0.330 e. The second kappa shape index (κ2) is 8.44. The van der Waals surface area contributed by atoms with Crippen molar-refractivity contribution in [2.75, 3.05) is 22.9 Å². The third-order valence-corrected chi connectivity index (χ3v) is 6.29. The van der Waals surface area contributed by atoms with Crippen LogP contribution >= 0.6 is 11.6 Å². The van der Waals surface area contributed by atoms with Crippen LogP contribution in [0, 0.1) is 0 Å². The third-order valence-electron chi connectivity index (χ3n) is 6.02. The molecule has 2 fully saturated rings. The Kier molecular flexibility index (Phi) is 5.48. The first kappa shape index (κ1) is 20.8. The maximum Gasteiger partial charge on any atom is 0.330 e. The van der Waals surface area contributed by atoms with Crippen molar-refractivity contribution in [1.82, 2.24) is 9.55 Å². The maximum atomic E-state index is 15.5. The van der Waals surface area contributed by atoms with Crippen LogP contribution in [0.3, 0.4) is 0 Å². The summed E-state index contributed by atoms with van der Waals surface area (Å²) in [5.41, 5.74) is 0.586. The van der Waals surface area contributed by atoms with E-state index in [2.05, 4.69) is 14.8 Å². The number of aromatic amines is 1. The topological polar surface area (TPSA) is 70.6 Å². The predicted molar refractivity (Wildman–Crippen MR) is 121 cm³/mol. The molecule has 5 rings (SSSR count). The minimum absolute atomic E-state index is 0.0191. The minimum Gasteiger partial charge on any atom is -0.347 e. The van der Waals surface area contributed by atoms with Crippen LogP contribution in [0.4, 0.5) is 15.8 Å². The van der Waals surface area contributed by atoms with E-state index in [-0.39, 0.29) is 11.4 Å². The second-order valence-corrected chi connectivity index (χ2v) is 8.33. The highest BCUT2D eigenvalue weighted by Crippen LogP contribution is 2.39. The Bertz CT molecular complexity index is 1160. The Hall–Kier alpha value is -3.10. The summed E-state index contributed by atoms with van der Waals surface area (Å²) in [4.78, 5) is 30.3. The van der Waals surface area contributed by atoms with Crippen LogP contribution in [0.5, 0.6) is 0 Å². The number of hydrogen-bond donors (Lipinski definition) is 1. The first-order valence-electron chi connectivity index (χ1n) is 10.5. The van der Waals surface area contributed by atoms with Gasteiger partial charge < -0.3 is 14.5 Å². The molecule has 1 aromatic heterocycles. The van der Waals surface area contributed by atoms with E-state index in [1.807, 2.05) is 60.7 Å². The highest BCUT2D eigenvalue weighted by atomic mass is 35.5. The van der Waals surface area contributed by atoms with Crippen molar-refractivity contribution in [3.05, 3.63) is 92.7 Å². The lowest BCUT2D eigenvalue weighted by molar-refractivity contribution is -0.0210. The van der Waals surface area contributed by atoms with E-state index in [4.69, 9.17) is 16.3 Å². The Morgan fingerprint density at radius 2 is 1.50 bits per heavy atom. The van der Waals surface area contributed by atoms with Crippen LogP contribution in [-0.4, -0.2) is 41.1 Å². The zero-order chi connectivity index (χ0) is 22.2. The summed E-state index contributed by atoms with van der Waals surface area (Å²) in [6.07, 6.45) is -2.23. The molecule has 3 aromatic rings. The molecule has 0 aliphatic carbocycles. The molecule has 0 unspecified atom stereocenters. The number of benzene rings is 2. The Morgan fingerprint density at radius 1 is 0.938 bits per heavy atom. The average molecular weight is 457 g/mol. The number of H-pyrrole nitrogens is 1. The van der Waals surface area contributed by atoms with Crippen LogP contribution < -0.4 is 21.0 Å². The van der Waals surface area contributed by atoms with Gasteiger partial charge in [-0.05, 0) is 24.3 Å². The van der Waals surface area contributed by atoms with Crippen LogP contribution in [0.25, 0.3) is 0 Å². The van der Waals surface area contributed by atoms with Gasteiger partial charge >= 0.3 is 5.69 Å². The van der Waals surface area contributed by atoms with Crippen molar-refractivity contribution in [2.45, 2.75) is 31.1 Å². The summed E-state index contributed by atoms with van der Waals surface area (Å²) in [6.45, 7) is 1.40. The summed E-state index contributed by atoms with van der Waals surface area (Å²) in [6, 6.07) is 19.7. The minimum atomic E-state index is -1.32. The lowest BCUT2D eigenvalue weighted by Gasteiger charge is -2.37. The first-order valence-corrected chi connectivity index (χ1v) is 10.8. The number of nitrogens with zero attached hydrogens (tertiary/aromatic N) is 3. The fraction of sp³-hybridized carbons (Fsp3) is 0.304. The number of halogens is 2. The van der Waals surface area contributed by atoms with Gasteiger partial charge in [-0.3, -0.25) is 14.3 Å². The van der Waals surface area contributed by atoms with Gasteiger partial charge in [-0.2, -0.15) is 0 Å². The normalized spacial score (nSPS) is 23.8.